The summed E-state index contributed by atoms with van der Waals surface area (Å²) in [6.07, 6.45) is 0. The van der Waals surface area contributed by atoms with Gasteiger partial charge in [0.25, 0.3) is 0 Å². The molecule has 2 aliphatic rings. The number of ether oxygens (including phenoxy) is 2. The lowest BCUT2D eigenvalue weighted by Gasteiger charge is -2.43. The molecule has 2 nitrogen and oxygen atoms in total. The van der Waals surface area contributed by atoms with Crippen molar-refractivity contribution < 1.29 is 9.47 Å². The predicted molar refractivity (Wildman–Crippen MR) is 320 cm³/mol. The molecule has 0 N–H and O–H groups in total. The maximum Gasteiger partial charge on any atom is 0.132 e. The molecule has 0 saturated heterocycles. The summed E-state index contributed by atoms with van der Waals surface area (Å²) in [7, 11) is 0. The number of fused-ring (bicyclic) bond motifs is 6. The van der Waals surface area contributed by atoms with Crippen LogP contribution in [0.5, 0.6) is 23.0 Å². The van der Waals surface area contributed by atoms with Gasteiger partial charge in [-0.25, -0.2) is 0 Å². The number of hydrogen-bond acceptors (Lipinski definition) is 2. The first kappa shape index (κ1) is 45.4. The monoisotopic (exact) mass is 994 g/mol. The lowest BCUT2D eigenvalue weighted by Crippen LogP contribution is -2.34. The second kappa shape index (κ2) is 18.4. The Bertz CT molecular complexity index is 4080. The van der Waals surface area contributed by atoms with Crippen LogP contribution in [0.1, 0.15) is 44.5 Å². The van der Waals surface area contributed by atoms with Gasteiger partial charge in [-0.3, -0.25) is 0 Å². The van der Waals surface area contributed by atoms with Crippen LogP contribution >= 0.6 is 0 Å². The van der Waals surface area contributed by atoms with E-state index in [0.717, 1.165) is 83.8 Å². The molecule has 78 heavy (non-hydrogen) atoms. The molecule has 0 aliphatic carbocycles. The number of hydrogen-bond donors (Lipinski definition) is 0. The van der Waals surface area contributed by atoms with E-state index in [2.05, 4.69) is 303 Å². The van der Waals surface area contributed by atoms with Crippen molar-refractivity contribution in [2.45, 2.75) is 10.8 Å². The first-order chi connectivity index (χ1) is 38.7. The fourth-order valence-corrected chi connectivity index (χ4v) is 13.4. The van der Waals surface area contributed by atoms with E-state index in [1.807, 2.05) is 0 Å². The van der Waals surface area contributed by atoms with Gasteiger partial charge in [0.05, 0.1) is 10.8 Å². The van der Waals surface area contributed by atoms with E-state index in [4.69, 9.17) is 9.47 Å². The van der Waals surface area contributed by atoms with Crippen LogP contribution in [0.3, 0.4) is 0 Å². The maximum atomic E-state index is 7.10. The van der Waals surface area contributed by atoms with Gasteiger partial charge < -0.3 is 9.47 Å². The van der Waals surface area contributed by atoms with Gasteiger partial charge in [-0.05, 0) is 119 Å². The number of benzene rings is 13. The van der Waals surface area contributed by atoms with Gasteiger partial charge in [0.1, 0.15) is 23.0 Å². The Morgan fingerprint density at radius 3 is 0.962 bits per heavy atom. The van der Waals surface area contributed by atoms with Crippen LogP contribution in [0, 0.1) is 0 Å². The summed E-state index contributed by atoms with van der Waals surface area (Å²) < 4.78 is 14.2. The largest absolute Gasteiger partial charge is 0.457 e. The Morgan fingerprint density at radius 1 is 0.218 bits per heavy atom. The predicted octanol–water partition coefficient (Wildman–Crippen LogP) is 19.6. The van der Waals surface area contributed by atoms with E-state index in [-0.39, 0.29) is 0 Å². The van der Waals surface area contributed by atoms with Crippen molar-refractivity contribution >= 4 is 21.5 Å². The van der Waals surface area contributed by atoms with Gasteiger partial charge >= 0.3 is 0 Å². The summed E-state index contributed by atoms with van der Waals surface area (Å²) in [6.45, 7) is 0. The van der Waals surface area contributed by atoms with E-state index in [9.17, 15) is 0 Å². The first-order valence-electron chi connectivity index (χ1n) is 26.9. The van der Waals surface area contributed by atoms with Crippen molar-refractivity contribution in [1.82, 2.24) is 0 Å². The fourth-order valence-electron chi connectivity index (χ4n) is 13.4. The number of rotatable bonds is 8. The lowest BCUT2D eigenvalue weighted by atomic mass is 9.62. The van der Waals surface area contributed by atoms with Gasteiger partial charge in [-0.2, -0.15) is 0 Å². The molecule has 13 aromatic carbocycles. The van der Waals surface area contributed by atoms with E-state index < -0.39 is 10.8 Å². The van der Waals surface area contributed by atoms with Crippen LogP contribution in [0.25, 0.3) is 66.1 Å². The summed E-state index contributed by atoms with van der Waals surface area (Å²) in [5.41, 5.74) is 16.8. The standard InChI is InChI=1S/C76H50O2/c1-6-24-51(25-7-1)52-46-48-53(49-47-52)72-60-36-20-34-58(62-38-22-44-70-73(62)75(54-26-8-2-9-27-54,55-28-10-3-11-29-55)66-40-16-18-42-68(66)77-70)64(60)50-65-59(35-21-37-61(65)72)63-39-23-45-71-74(63)76(56-30-12-4-13-31-56,57-32-14-5-15-33-57)67-41-17-19-43-69(67)78-71/h1-50H. The quantitative estimate of drug-likeness (QED) is 0.141. The molecule has 2 heteroatoms. The number of para-hydroxylation sites is 2. The van der Waals surface area contributed by atoms with Crippen molar-refractivity contribution in [3.05, 3.63) is 348 Å². The second-order valence-electron chi connectivity index (χ2n) is 20.5. The average Bonchev–Trinajstić information content (AvgIpc) is 3.70. The van der Waals surface area contributed by atoms with Crippen molar-refractivity contribution in [3.63, 3.8) is 0 Å². The molecule has 0 unspecified atom stereocenters. The molecular weight excluding hydrogens is 945 g/mol. The summed E-state index contributed by atoms with van der Waals surface area (Å²) in [4.78, 5) is 0. The Balaban J connectivity index is 1.06. The smallest absolute Gasteiger partial charge is 0.132 e. The van der Waals surface area contributed by atoms with E-state index in [1.165, 1.54) is 49.7 Å². The van der Waals surface area contributed by atoms with Crippen LogP contribution in [0.2, 0.25) is 0 Å². The second-order valence-corrected chi connectivity index (χ2v) is 20.5. The molecule has 0 saturated carbocycles. The highest BCUT2D eigenvalue weighted by atomic mass is 16.5. The highest BCUT2D eigenvalue weighted by molar-refractivity contribution is 6.19. The summed E-state index contributed by atoms with van der Waals surface area (Å²) in [6, 6.07) is 111. The van der Waals surface area contributed by atoms with Gasteiger partial charge in [0.2, 0.25) is 0 Å². The summed E-state index contributed by atoms with van der Waals surface area (Å²) in [5.74, 6) is 3.38. The normalized spacial score (nSPS) is 13.5. The minimum atomic E-state index is -0.735. The Hall–Kier alpha value is -10.0. The maximum absolute atomic E-state index is 7.10. The lowest BCUT2D eigenvalue weighted by molar-refractivity contribution is 0.435. The summed E-state index contributed by atoms with van der Waals surface area (Å²) in [5, 5.41) is 4.62. The third-order valence-electron chi connectivity index (χ3n) is 16.6. The molecule has 0 aromatic heterocycles. The molecule has 2 heterocycles. The zero-order chi connectivity index (χ0) is 51.6. The van der Waals surface area contributed by atoms with Crippen molar-refractivity contribution in [2.24, 2.45) is 0 Å². The Kier molecular flexibility index (Phi) is 10.7. The Labute approximate surface area is 454 Å². The molecule has 0 bridgehead atoms. The molecule has 0 amide bonds. The van der Waals surface area contributed by atoms with Gasteiger partial charge in [-0.1, -0.05) is 273 Å². The minimum Gasteiger partial charge on any atom is -0.457 e. The van der Waals surface area contributed by atoms with Crippen molar-refractivity contribution in [1.29, 1.82) is 0 Å². The molecule has 0 radical (unpaired) electrons. The molecule has 0 atom stereocenters. The zero-order valence-electron chi connectivity index (χ0n) is 42.7. The summed E-state index contributed by atoms with van der Waals surface area (Å²) >= 11 is 0. The van der Waals surface area contributed by atoms with Gasteiger partial charge in [-0.15, -0.1) is 0 Å². The third kappa shape index (κ3) is 6.83. The van der Waals surface area contributed by atoms with E-state index >= 15 is 0 Å². The Morgan fingerprint density at radius 2 is 0.538 bits per heavy atom. The van der Waals surface area contributed by atoms with Crippen LogP contribution < -0.4 is 9.47 Å². The van der Waals surface area contributed by atoms with Gasteiger partial charge in [0, 0.05) is 22.3 Å². The highest BCUT2D eigenvalue weighted by Crippen LogP contribution is 2.61. The molecule has 13 aromatic rings. The molecule has 15 rings (SSSR count). The van der Waals surface area contributed by atoms with Crippen LogP contribution in [-0.4, -0.2) is 0 Å². The molecule has 0 fully saturated rings. The molecule has 2 aliphatic heterocycles. The van der Waals surface area contributed by atoms with Gasteiger partial charge in [0.15, 0.2) is 0 Å². The zero-order valence-corrected chi connectivity index (χ0v) is 42.7. The first-order valence-corrected chi connectivity index (χ1v) is 26.9. The van der Waals surface area contributed by atoms with E-state index in [0.29, 0.717) is 0 Å². The minimum absolute atomic E-state index is 0.735. The molecular formula is C76H50O2. The van der Waals surface area contributed by atoms with Crippen LogP contribution in [0.4, 0.5) is 0 Å². The highest BCUT2D eigenvalue weighted by Gasteiger charge is 2.48. The topological polar surface area (TPSA) is 18.5 Å². The van der Waals surface area contributed by atoms with Crippen LogP contribution in [-0.2, 0) is 10.8 Å². The average molecular weight is 995 g/mol. The molecule has 0 spiro atoms. The fraction of sp³-hybridized carbons (Fsp3) is 0.0263. The third-order valence-corrected chi connectivity index (χ3v) is 16.6. The van der Waals surface area contributed by atoms with Crippen molar-refractivity contribution in [3.8, 4) is 67.5 Å². The van der Waals surface area contributed by atoms with Crippen molar-refractivity contribution in [2.75, 3.05) is 0 Å². The SMILES string of the molecule is c1ccc(-c2ccc(-c3c4cccc(-c5cccc6c5C(c5ccccc5)(c5ccccc5)c5ccccc5O6)c4cc4c(-c5cccc6c5C(c5ccccc5)(c5ccccc5)c5ccccc5O6)cccc34)cc2)cc1. The van der Waals surface area contributed by atoms with E-state index in [1.54, 1.807) is 0 Å². The molecule has 366 valence electrons. The van der Waals surface area contributed by atoms with Crippen LogP contribution in [0.15, 0.2) is 303 Å².